The molecule has 3 aromatic carbocycles. The number of rotatable bonds is 5. The van der Waals surface area contributed by atoms with Crippen molar-refractivity contribution in [1.82, 2.24) is 0 Å². The van der Waals surface area contributed by atoms with Gasteiger partial charge in [-0.3, -0.25) is 9.52 Å². The molecule has 3 aromatic rings. The molecule has 1 amide bonds. The Bertz CT molecular complexity index is 1180. The molecule has 0 aliphatic carbocycles. The van der Waals surface area contributed by atoms with Crippen LogP contribution < -0.4 is 10.0 Å². The van der Waals surface area contributed by atoms with Crippen LogP contribution in [0.1, 0.15) is 21.5 Å². The molecular formula is C21H18Cl2N2O3S. The standard InChI is InChI=1S/C21H18Cl2N2O3S/c1-13-3-6-16(11-14(13)2)24-21(26)19-10-7-17(12-20(19)23)25-29(27,28)18-8-4-15(22)5-9-18/h3-12,25H,1-2H3,(H,24,26). The summed E-state index contributed by atoms with van der Waals surface area (Å²) in [5.41, 5.74) is 3.31. The summed E-state index contributed by atoms with van der Waals surface area (Å²) in [5.74, 6) is -0.384. The van der Waals surface area contributed by atoms with Crippen molar-refractivity contribution >= 4 is 50.5 Å². The molecule has 0 aromatic heterocycles. The van der Waals surface area contributed by atoms with Gasteiger partial charge in [-0.05, 0) is 79.6 Å². The van der Waals surface area contributed by atoms with Crippen LogP contribution in [-0.2, 0) is 10.0 Å². The highest BCUT2D eigenvalue weighted by Crippen LogP contribution is 2.25. The zero-order valence-corrected chi connectivity index (χ0v) is 18.0. The number of amides is 1. The minimum Gasteiger partial charge on any atom is -0.322 e. The highest BCUT2D eigenvalue weighted by atomic mass is 35.5. The van der Waals surface area contributed by atoms with Crippen LogP contribution in [0.5, 0.6) is 0 Å². The summed E-state index contributed by atoms with van der Waals surface area (Å²) in [7, 11) is -3.81. The lowest BCUT2D eigenvalue weighted by atomic mass is 10.1. The summed E-state index contributed by atoms with van der Waals surface area (Å²) in [5, 5.41) is 3.36. The Kier molecular flexibility index (Phi) is 6.17. The van der Waals surface area contributed by atoms with Gasteiger partial charge in [0.05, 0.1) is 21.2 Å². The zero-order chi connectivity index (χ0) is 21.2. The lowest BCUT2D eigenvalue weighted by Gasteiger charge is -2.11. The molecule has 2 N–H and O–H groups in total. The van der Waals surface area contributed by atoms with Gasteiger partial charge in [-0.25, -0.2) is 8.42 Å². The van der Waals surface area contributed by atoms with Gasteiger partial charge >= 0.3 is 0 Å². The van der Waals surface area contributed by atoms with Gasteiger partial charge < -0.3 is 5.32 Å². The first kappa shape index (κ1) is 21.2. The molecule has 0 spiro atoms. The molecule has 0 heterocycles. The summed E-state index contributed by atoms with van der Waals surface area (Å²) in [6, 6.07) is 15.7. The third-order valence-electron chi connectivity index (χ3n) is 4.35. The van der Waals surface area contributed by atoms with Gasteiger partial charge in [-0.15, -0.1) is 0 Å². The molecule has 8 heteroatoms. The van der Waals surface area contributed by atoms with Crippen LogP contribution in [0.15, 0.2) is 65.6 Å². The van der Waals surface area contributed by atoms with Gasteiger partial charge in [-0.1, -0.05) is 29.3 Å². The Morgan fingerprint density at radius 3 is 2.10 bits per heavy atom. The average molecular weight is 449 g/mol. The lowest BCUT2D eigenvalue weighted by Crippen LogP contribution is -2.15. The molecule has 0 atom stereocenters. The number of sulfonamides is 1. The maximum Gasteiger partial charge on any atom is 0.261 e. The van der Waals surface area contributed by atoms with E-state index in [2.05, 4.69) is 10.0 Å². The monoisotopic (exact) mass is 448 g/mol. The van der Waals surface area contributed by atoms with Crippen LogP contribution in [0.25, 0.3) is 0 Å². The third-order valence-corrected chi connectivity index (χ3v) is 6.32. The van der Waals surface area contributed by atoms with E-state index in [-0.39, 0.29) is 27.1 Å². The molecule has 0 radical (unpaired) electrons. The van der Waals surface area contributed by atoms with E-state index < -0.39 is 10.0 Å². The number of hydrogen-bond acceptors (Lipinski definition) is 3. The number of carbonyl (C=O) groups excluding carboxylic acids is 1. The number of carbonyl (C=O) groups is 1. The first-order chi connectivity index (χ1) is 13.7. The number of anilines is 2. The Hall–Kier alpha value is -2.54. The van der Waals surface area contributed by atoms with E-state index in [1.807, 2.05) is 32.0 Å². The van der Waals surface area contributed by atoms with Crippen molar-refractivity contribution in [3.8, 4) is 0 Å². The maximum absolute atomic E-state index is 12.5. The fourth-order valence-electron chi connectivity index (χ4n) is 2.61. The largest absolute Gasteiger partial charge is 0.322 e. The van der Waals surface area contributed by atoms with Crippen LogP contribution in [0.3, 0.4) is 0 Å². The summed E-state index contributed by atoms with van der Waals surface area (Å²) < 4.78 is 27.4. The minimum atomic E-state index is -3.81. The van der Waals surface area contributed by atoms with E-state index in [1.165, 1.54) is 42.5 Å². The topological polar surface area (TPSA) is 75.3 Å². The highest BCUT2D eigenvalue weighted by molar-refractivity contribution is 7.92. The smallest absolute Gasteiger partial charge is 0.261 e. The number of benzene rings is 3. The molecular weight excluding hydrogens is 431 g/mol. The van der Waals surface area contributed by atoms with Crippen molar-refractivity contribution in [2.75, 3.05) is 10.0 Å². The van der Waals surface area contributed by atoms with E-state index >= 15 is 0 Å². The van der Waals surface area contributed by atoms with Crippen molar-refractivity contribution in [3.63, 3.8) is 0 Å². The van der Waals surface area contributed by atoms with Gasteiger partial charge in [0.15, 0.2) is 0 Å². The average Bonchev–Trinajstić information content (AvgIpc) is 2.65. The normalized spacial score (nSPS) is 11.2. The summed E-state index contributed by atoms with van der Waals surface area (Å²) in [4.78, 5) is 12.6. The first-order valence-corrected chi connectivity index (χ1v) is 10.9. The predicted octanol–water partition coefficient (Wildman–Crippen LogP) is 5.66. The fraction of sp³-hybridized carbons (Fsp3) is 0.0952. The first-order valence-electron chi connectivity index (χ1n) is 8.62. The number of aryl methyl sites for hydroxylation is 2. The highest BCUT2D eigenvalue weighted by Gasteiger charge is 2.16. The Morgan fingerprint density at radius 1 is 0.828 bits per heavy atom. The van der Waals surface area contributed by atoms with Crippen molar-refractivity contribution in [2.45, 2.75) is 18.7 Å². The van der Waals surface area contributed by atoms with Gasteiger partial charge in [0.2, 0.25) is 0 Å². The molecule has 0 saturated carbocycles. The molecule has 29 heavy (non-hydrogen) atoms. The van der Waals surface area contributed by atoms with E-state index in [0.717, 1.165) is 11.1 Å². The Balaban J connectivity index is 1.78. The molecule has 5 nitrogen and oxygen atoms in total. The number of halogens is 2. The molecule has 0 unspecified atom stereocenters. The molecule has 150 valence electrons. The van der Waals surface area contributed by atoms with Crippen LogP contribution in [0.2, 0.25) is 10.0 Å². The lowest BCUT2D eigenvalue weighted by molar-refractivity contribution is 0.102. The van der Waals surface area contributed by atoms with Crippen molar-refractivity contribution in [3.05, 3.63) is 87.4 Å². The van der Waals surface area contributed by atoms with E-state index in [9.17, 15) is 13.2 Å². The van der Waals surface area contributed by atoms with Gasteiger partial charge in [0.1, 0.15) is 0 Å². The predicted molar refractivity (Wildman–Crippen MR) is 118 cm³/mol. The van der Waals surface area contributed by atoms with Crippen LogP contribution in [-0.4, -0.2) is 14.3 Å². The SMILES string of the molecule is Cc1ccc(NC(=O)c2ccc(NS(=O)(=O)c3ccc(Cl)cc3)cc2Cl)cc1C. The van der Waals surface area contributed by atoms with E-state index in [1.54, 1.807) is 0 Å². The maximum atomic E-state index is 12.5. The van der Waals surface area contributed by atoms with Crippen molar-refractivity contribution in [1.29, 1.82) is 0 Å². The number of nitrogens with one attached hydrogen (secondary N) is 2. The summed E-state index contributed by atoms with van der Waals surface area (Å²) in [6.07, 6.45) is 0. The zero-order valence-electron chi connectivity index (χ0n) is 15.7. The van der Waals surface area contributed by atoms with E-state index in [4.69, 9.17) is 23.2 Å². The van der Waals surface area contributed by atoms with Gasteiger partial charge in [-0.2, -0.15) is 0 Å². The Labute approximate surface area is 179 Å². The third kappa shape index (κ3) is 5.09. The molecule has 0 fully saturated rings. The van der Waals surface area contributed by atoms with Crippen LogP contribution >= 0.6 is 23.2 Å². The second-order valence-corrected chi connectivity index (χ2v) is 9.03. The van der Waals surface area contributed by atoms with Crippen LogP contribution in [0, 0.1) is 13.8 Å². The van der Waals surface area contributed by atoms with E-state index in [0.29, 0.717) is 10.7 Å². The molecule has 0 saturated heterocycles. The molecule has 0 aliphatic rings. The van der Waals surface area contributed by atoms with Crippen LogP contribution in [0.4, 0.5) is 11.4 Å². The van der Waals surface area contributed by atoms with Crippen molar-refractivity contribution < 1.29 is 13.2 Å². The second kappa shape index (κ2) is 8.45. The minimum absolute atomic E-state index is 0.0644. The van der Waals surface area contributed by atoms with Gasteiger partial charge in [0, 0.05) is 10.7 Å². The summed E-state index contributed by atoms with van der Waals surface area (Å²) >= 11 is 12.0. The second-order valence-electron chi connectivity index (χ2n) is 6.51. The fourth-order valence-corrected chi connectivity index (χ4v) is 4.05. The Morgan fingerprint density at radius 2 is 1.48 bits per heavy atom. The van der Waals surface area contributed by atoms with Crippen molar-refractivity contribution in [2.24, 2.45) is 0 Å². The molecule has 3 rings (SSSR count). The molecule has 0 aliphatic heterocycles. The summed E-state index contributed by atoms with van der Waals surface area (Å²) in [6.45, 7) is 3.95. The van der Waals surface area contributed by atoms with Gasteiger partial charge in [0.25, 0.3) is 15.9 Å². The molecule has 0 bridgehead atoms. The number of hydrogen-bond donors (Lipinski definition) is 2. The quantitative estimate of drug-likeness (QED) is 0.528.